The van der Waals surface area contributed by atoms with Crippen LogP contribution in [0.25, 0.3) is 0 Å². The van der Waals surface area contributed by atoms with Crippen molar-refractivity contribution in [2.45, 2.75) is 60.7 Å². The van der Waals surface area contributed by atoms with E-state index >= 15 is 0 Å². The van der Waals surface area contributed by atoms with Crippen molar-refractivity contribution in [1.29, 1.82) is 0 Å². The Morgan fingerprint density at radius 2 is 1.95 bits per heavy atom. The van der Waals surface area contributed by atoms with E-state index in [0.717, 1.165) is 37.7 Å². The molecule has 0 fully saturated rings. The molecule has 1 rings (SSSR count). The molecule has 19 heavy (non-hydrogen) atoms. The monoisotopic (exact) mass is 266 g/mol. The zero-order valence-electron chi connectivity index (χ0n) is 13.4. The molecule has 1 aromatic heterocycles. The van der Waals surface area contributed by atoms with Crippen molar-refractivity contribution in [2.75, 3.05) is 13.1 Å². The van der Waals surface area contributed by atoms with E-state index < -0.39 is 0 Å². The van der Waals surface area contributed by atoms with Crippen molar-refractivity contribution in [3.8, 4) is 0 Å². The molecule has 0 aliphatic carbocycles. The first-order valence-electron chi connectivity index (χ1n) is 7.47. The lowest BCUT2D eigenvalue weighted by Crippen LogP contribution is -2.30. The fourth-order valence-electron chi connectivity index (χ4n) is 2.19. The second-order valence-electron chi connectivity index (χ2n) is 5.98. The topological polar surface area (TPSA) is 28.4 Å². The van der Waals surface area contributed by atoms with E-state index in [2.05, 4.69) is 57.8 Å². The van der Waals surface area contributed by atoms with Crippen molar-refractivity contribution in [2.24, 2.45) is 5.92 Å². The van der Waals surface area contributed by atoms with Gasteiger partial charge in [-0.2, -0.15) is 0 Å². The van der Waals surface area contributed by atoms with Crippen LogP contribution in [0.15, 0.2) is 10.5 Å². The summed E-state index contributed by atoms with van der Waals surface area (Å²) < 4.78 is 5.83. The molecule has 1 aromatic rings. The first kappa shape index (κ1) is 16.3. The molecule has 0 unspecified atom stereocenters. The highest BCUT2D eigenvalue weighted by molar-refractivity contribution is 5.20. The molecular formula is C16H30N2O. The lowest BCUT2D eigenvalue weighted by molar-refractivity contribution is 0.223. The zero-order valence-corrected chi connectivity index (χ0v) is 13.4. The molecule has 110 valence electrons. The smallest absolute Gasteiger partial charge is 0.118 e. The maximum absolute atomic E-state index is 5.83. The molecular weight excluding hydrogens is 236 g/mol. The Labute approximate surface area is 118 Å². The summed E-state index contributed by atoms with van der Waals surface area (Å²) in [6.07, 6.45) is 0. The molecule has 0 saturated carbocycles. The van der Waals surface area contributed by atoms with Gasteiger partial charge in [0, 0.05) is 18.2 Å². The molecule has 0 bridgehead atoms. The summed E-state index contributed by atoms with van der Waals surface area (Å²) in [5.74, 6) is 2.78. The molecule has 3 heteroatoms. The number of hydrogen-bond acceptors (Lipinski definition) is 3. The molecule has 3 nitrogen and oxygen atoms in total. The van der Waals surface area contributed by atoms with Gasteiger partial charge in [-0.25, -0.2) is 0 Å². The van der Waals surface area contributed by atoms with Crippen LogP contribution in [-0.4, -0.2) is 24.0 Å². The number of hydrogen-bond donors (Lipinski definition) is 1. The third-order valence-electron chi connectivity index (χ3n) is 3.43. The van der Waals surface area contributed by atoms with Gasteiger partial charge in [0.05, 0.1) is 6.54 Å². The normalized spacial score (nSPS) is 12.1. The van der Waals surface area contributed by atoms with Gasteiger partial charge >= 0.3 is 0 Å². The Hall–Kier alpha value is -0.800. The number of furan rings is 1. The van der Waals surface area contributed by atoms with Gasteiger partial charge in [0.2, 0.25) is 0 Å². The minimum atomic E-state index is 0.571. The standard InChI is InChI=1S/C16H30N2O/c1-7-18(13(4)5)11-15-8-16(19-14(15)6)10-17-9-12(2)3/h8,12-13,17H,7,9-11H2,1-6H3. The Bertz CT molecular complexity index is 369. The van der Waals surface area contributed by atoms with Crippen LogP contribution in [0, 0.1) is 12.8 Å². The summed E-state index contributed by atoms with van der Waals surface area (Å²) in [7, 11) is 0. The number of nitrogens with zero attached hydrogens (tertiary/aromatic N) is 1. The highest BCUT2D eigenvalue weighted by atomic mass is 16.3. The first-order valence-corrected chi connectivity index (χ1v) is 7.47. The van der Waals surface area contributed by atoms with Gasteiger partial charge in [-0.1, -0.05) is 20.8 Å². The van der Waals surface area contributed by atoms with E-state index in [-0.39, 0.29) is 0 Å². The van der Waals surface area contributed by atoms with Crippen molar-refractivity contribution in [1.82, 2.24) is 10.2 Å². The van der Waals surface area contributed by atoms with Crippen LogP contribution in [0.4, 0.5) is 0 Å². The van der Waals surface area contributed by atoms with Crippen LogP contribution in [0.1, 0.15) is 51.7 Å². The molecule has 0 atom stereocenters. The van der Waals surface area contributed by atoms with Crippen LogP contribution in [-0.2, 0) is 13.1 Å². The molecule has 0 aliphatic heterocycles. The van der Waals surface area contributed by atoms with E-state index in [0.29, 0.717) is 12.0 Å². The zero-order chi connectivity index (χ0) is 14.4. The lowest BCUT2D eigenvalue weighted by Gasteiger charge is -2.24. The fraction of sp³-hybridized carbons (Fsp3) is 0.750. The fourth-order valence-corrected chi connectivity index (χ4v) is 2.19. The predicted octanol–water partition coefficient (Wildman–Crippen LogP) is 3.56. The summed E-state index contributed by atoms with van der Waals surface area (Å²) in [5.41, 5.74) is 1.32. The molecule has 0 aliphatic rings. The number of nitrogens with one attached hydrogen (secondary N) is 1. The Morgan fingerprint density at radius 3 is 2.47 bits per heavy atom. The third kappa shape index (κ3) is 5.37. The lowest BCUT2D eigenvalue weighted by atomic mass is 10.2. The van der Waals surface area contributed by atoms with E-state index in [1.54, 1.807) is 0 Å². The molecule has 0 spiro atoms. The van der Waals surface area contributed by atoms with Crippen molar-refractivity contribution >= 4 is 0 Å². The maximum atomic E-state index is 5.83. The average Bonchev–Trinajstić information content (AvgIpc) is 2.65. The van der Waals surface area contributed by atoms with Crippen LogP contribution in [0.5, 0.6) is 0 Å². The number of aryl methyl sites for hydroxylation is 1. The van der Waals surface area contributed by atoms with E-state index in [1.807, 2.05) is 0 Å². The second kappa shape index (κ2) is 7.71. The van der Waals surface area contributed by atoms with Gasteiger partial charge in [-0.05, 0) is 45.8 Å². The van der Waals surface area contributed by atoms with Gasteiger partial charge in [-0.3, -0.25) is 4.90 Å². The SMILES string of the molecule is CCN(Cc1cc(CNCC(C)C)oc1C)C(C)C. The summed E-state index contributed by atoms with van der Waals surface area (Å²) >= 11 is 0. The van der Waals surface area contributed by atoms with Gasteiger partial charge in [-0.15, -0.1) is 0 Å². The molecule has 0 amide bonds. The third-order valence-corrected chi connectivity index (χ3v) is 3.43. The maximum Gasteiger partial charge on any atom is 0.118 e. The molecule has 0 saturated heterocycles. The molecule has 0 radical (unpaired) electrons. The highest BCUT2D eigenvalue weighted by Crippen LogP contribution is 2.17. The highest BCUT2D eigenvalue weighted by Gasteiger charge is 2.13. The van der Waals surface area contributed by atoms with Crippen molar-refractivity contribution in [3.63, 3.8) is 0 Å². The van der Waals surface area contributed by atoms with E-state index in [1.165, 1.54) is 5.56 Å². The summed E-state index contributed by atoms with van der Waals surface area (Å²) in [4.78, 5) is 2.45. The summed E-state index contributed by atoms with van der Waals surface area (Å²) in [6, 6.07) is 2.77. The van der Waals surface area contributed by atoms with Crippen LogP contribution >= 0.6 is 0 Å². The van der Waals surface area contributed by atoms with Crippen molar-refractivity contribution < 1.29 is 4.42 Å². The molecule has 0 aromatic carbocycles. The van der Waals surface area contributed by atoms with Gasteiger partial charge in [0.1, 0.15) is 11.5 Å². The minimum absolute atomic E-state index is 0.571. The molecule has 1 heterocycles. The Morgan fingerprint density at radius 1 is 1.26 bits per heavy atom. The summed E-state index contributed by atoms with van der Waals surface area (Å²) in [6.45, 7) is 17.1. The number of rotatable bonds is 8. The molecule has 1 N–H and O–H groups in total. The quantitative estimate of drug-likeness (QED) is 0.780. The van der Waals surface area contributed by atoms with Crippen molar-refractivity contribution in [3.05, 3.63) is 23.2 Å². The Balaban J connectivity index is 2.58. The van der Waals surface area contributed by atoms with Crippen LogP contribution in [0.3, 0.4) is 0 Å². The second-order valence-corrected chi connectivity index (χ2v) is 5.98. The predicted molar refractivity (Wildman–Crippen MR) is 81.2 cm³/mol. The van der Waals surface area contributed by atoms with Gasteiger partial charge in [0.25, 0.3) is 0 Å². The average molecular weight is 266 g/mol. The van der Waals surface area contributed by atoms with Crippen LogP contribution < -0.4 is 5.32 Å². The van der Waals surface area contributed by atoms with Crippen LogP contribution in [0.2, 0.25) is 0 Å². The minimum Gasteiger partial charge on any atom is -0.465 e. The van der Waals surface area contributed by atoms with Gasteiger partial charge < -0.3 is 9.73 Å². The van der Waals surface area contributed by atoms with E-state index in [9.17, 15) is 0 Å². The summed E-state index contributed by atoms with van der Waals surface area (Å²) in [5, 5.41) is 3.42. The van der Waals surface area contributed by atoms with E-state index in [4.69, 9.17) is 4.42 Å². The first-order chi connectivity index (χ1) is 8.93. The Kier molecular flexibility index (Phi) is 6.59. The van der Waals surface area contributed by atoms with Gasteiger partial charge in [0.15, 0.2) is 0 Å². The largest absolute Gasteiger partial charge is 0.465 e.